The number of hydrogen-bond acceptors (Lipinski definition) is 6. The molecule has 0 saturated heterocycles. The first-order chi connectivity index (χ1) is 10.2. The number of aromatic nitrogens is 1. The number of thiazole rings is 1. The van der Waals surface area contributed by atoms with E-state index in [4.69, 9.17) is 15.3 Å². The second-order valence-corrected chi connectivity index (χ2v) is 5.16. The molecule has 21 heavy (non-hydrogen) atoms. The molecule has 6 nitrogen and oxygen atoms in total. The summed E-state index contributed by atoms with van der Waals surface area (Å²) >= 11 is 1.28. The SMILES string of the molecule is CCOc1ccc(-c2nc(COC)c(C(=O)NN)s2)cc1. The Kier molecular flexibility index (Phi) is 5.26. The van der Waals surface area contributed by atoms with Gasteiger partial charge in [-0.2, -0.15) is 0 Å². The smallest absolute Gasteiger partial charge is 0.277 e. The van der Waals surface area contributed by atoms with Crippen LogP contribution in [0.3, 0.4) is 0 Å². The highest BCUT2D eigenvalue weighted by Crippen LogP contribution is 2.29. The van der Waals surface area contributed by atoms with Gasteiger partial charge in [0.1, 0.15) is 15.6 Å². The summed E-state index contributed by atoms with van der Waals surface area (Å²) in [5.41, 5.74) is 3.62. The Bertz CT molecular complexity index is 610. The Hall–Kier alpha value is -1.96. The Morgan fingerprint density at radius 2 is 2.10 bits per heavy atom. The minimum Gasteiger partial charge on any atom is -0.494 e. The van der Waals surface area contributed by atoms with E-state index >= 15 is 0 Å². The summed E-state index contributed by atoms with van der Waals surface area (Å²) in [6.45, 7) is 2.81. The van der Waals surface area contributed by atoms with E-state index in [1.54, 1.807) is 7.11 Å². The molecule has 1 heterocycles. The number of methoxy groups -OCH3 is 1. The molecule has 0 aliphatic heterocycles. The first-order valence-corrected chi connectivity index (χ1v) is 7.24. The van der Waals surface area contributed by atoms with Crippen LogP contribution in [0.25, 0.3) is 10.6 Å². The molecule has 0 atom stereocenters. The van der Waals surface area contributed by atoms with Gasteiger partial charge in [-0.25, -0.2) is 10.8 Å². The van der Waals surface area contributed by atoms with Gasteiger partial charge in [0.05, 0.1) is 18.9 Å². The van der Waals surface area contributed by atoms with Gasteiger partial charge in [0, 0.05) is 12.7 Å². The summed E-state index contributed by atoms with van der Waals surface area (Å²) in [6, 6.07) is 7.56. The second kappa shape index (κ2) is 7.16. The molecule has 0 fully saturated rings. The minimum absolute atomic E-state index is 0.260. The molecular weight excluding hydrogens is 290 g/mol. The average Bonchev–Trinajstić information content (AvgIpc) is 2.92. The van der Waals surface area contributed by atoms with Gasteiger partial charge in [0.15, 0.2) is 0 Å². The third-order valence-electron chi connectivity index (χ3n) is 2.73. The lowest BCUT2D eigenvalue weighted by Gasteiger charge is -2.02. The quantitative estimate of drug-likeness (QED) is 0.484. The maximum Gasteiger partial charge on any atom is 0.277 e. The minimum atomic E-state index is -0.364. The van der Waals surface area contributed by atoms with Crippen molar-refractivity contribution in [3.8, 4) is 16.3 Å². The summed E-state index contributed by atoms with van der Waals surface area (Å²) in [4.78, 5) is 16.7. The van der Waals surface area contributed by atoms with E-state index in [0.717, 1.165) is 16.3 Å². The number of carbonyl (C=O) groups is 1. The average molecular weight is 307 g/mol. The van der Waals surface area contributed by atoms with E-state index in [2.05, 4.69) is 10.4 Å². The summed E-state index contributed by atoms with van der Waals surface area (Å²) in [5, 5.41) is 0.740. The van der Waals surface area contributed by atoms with Gasteiger partial charge < -0.3 is 9.47 Å². The fraction of sp³-hybridized carbons (Fsp3) is 0.286. The van der Waals surface area contributed by atoms with Gasteiger partial charge >= 0.3 is 0 Å². The zero-order valence-corrected chi connectivity index (χ0v) is 12.7. The van der Waals surface area contributed by atoms with E-state index in [0.29, 0.717) is 17.2 Å². The molecule has 1 aromatic heterocycles. The monoisotopic (exact) mass is 307 g/mol. The first-order valence-electron chi connectivity index (χ1n) is 6.42. The molecule has 2 aromatic rings. The van der Waals surface area contributed by atoms with Gasteiger partial charge in [0.25, 0.3) is 5.91 Å². The van der Waals surface area contributed by atoms with Crippen molar-refractivity contribution in [3.05, 3.63) is 34.8 Å². The second-order valence-electron chi connectivity index (χ2n) is 4.16. The number of rotatable bonds is 6. The molecule has 0 saturated carbocycles. The normalized spacial score (nSPS) is 10.4. The van der Waals surface area contributed by atoms with Crippen LogP contribution >= 0.6 is 11.3 Å². The predicted molar refractivity (Wildman–Crippen MR) is 81.1 cm³/mol. The molecule has 0 radical (unpaired) electrons. The van der Waals surface area contributed by atoms with E-state index in [9.17, 15) is 4.79 Å². The van der Waals surface area contributed by atoms with Crippen molar-refractivity contribution in [1.29, 1.82) is 0 Å². The van der Waals surface area contributed by atoms with Crippen LogP contribution in [0.4, 0.5) is 0 Å². The summed E-state index contributed by atoms with van der Waals surface area (Å²) in [6.07, 6.45) is 0. The Labute approximate surface area is 126 Å². The molecule has 1 amide bonds. The number of nitrogens with zero attached hydrogens (tertiary/aromatic N) is 1. The number of benzene rings is 1. The number of ether oxygens (including phenoxy) is 2. The number of hydrazine groups is 1. The Morgan fingerprint density at radius 3 is 2.67 bits per heavy atom. The fourth-order valence-corrected chi connectivity index (χ4v) is 2.79. The lowest BCUT2D eigenvalue weighted by Crippen LogP contribution is -2.30. The van der Waals surface area contributed by atoms with Crippen molar-refractivity contribution in [2.24, 2.45) is 5.84 Å². The molecule has 0 bridgehead atoms. The Morgan fingerprint density at radius 1 is 1.38 bits per heavy atom. The van der Waals surface area contributed by atoms with Crippen molar-refractivity contribution < 1.29 is 14.3 Å². The van der Waals surface area contributed by atoms with Gasteiger partial charge in [-0.05, 0) is 31.2 Å². The summed E-state index contributed by atoms with van der Waals surface area (Å²) < 4.78 is 10.5. The summed E-state index contributed by atoms with van der Waals surface area (Å²) in [5.74, 6) is 5.63. The third kappa shape index (κ3) is 3.57. The maximum absolute atomic E-state index is 11.8. The van der Waals surface area contributed by atoms with E-state index in [-0.39, 0.29) is 12.5 Å². The summed E-state index contributed by atoms with van der Waals surface area (Å²) in [7, 11) is 1.56. The number of nitrogens with one attached hydrogen (secondary N) is 1. The van der Waals surface area contributed by atoms with Gasteiger partial charge in [-0.3, -0.25) is 10.2 Å². The number of nitrogen functional groups attached to an aromatic ring is 1. The molecule has 0 spiro atoms. The van der Waals surface area contributed by atoms with Gasteiger partial charge in [-0.15, -0.1) is 11.3 Å². The Balaban J connectivity index is 2.32. The molecule has 0 aliphatic rings. The van der Waals surface area contributed by atoms with Gasteiger partial charge in [-0.1, -0.05) is 0 Å². The molecule has 7 heteroatoms. The molecule has 112 valence electrons. The molecule has 0 unspecified atom stereocenters. The van der Waals surface area contributed by atoms with Crippen LogP contribution in [-0.2, 0) is 11.3 Å². The van der Waals surface area contributed by atoms with Crippen LogP contribution in [0.15, 0.2) is 24.3 Å². The zero-order valence-electron chi connectivity index (χ0n) is 11.9. The standard InChI is InChI=1S/C14H17N3O3S/c1-3-20-10-6-4-9(5-7-10)14-16-11(8-19-2)12(21-14)13(18)17-15/h4-7H,3,8,15H2,1-2H3,(H,17,18). The van der Waals surface area contributed by atoms with Crippen molar-refractivity contribution in [2.75, 3.05) is 13.7 Å². The highest BCUT2D eigenvalue weighted by atomic mass is 32.1. The fourth-order valence-electron chi connectivity index (χ4n) is 1.81. The van der Waals surface area contributed by atoms with Crippen LogP contribution in [0, 0.1) is 0 Å². The lowest BCUT2D eigenvalue weighted by atomic mass is 10.2. The van der Waals surface area contributed by atoms with E-state index in [1.807, 2.05) is 31.2 Å². The first kappa shape index (κ1) is 15.4. The highest BCUT2D eigenvalue weighted by molar-refractivity contribution is 7.17. The van der Waals surface area contributed by atoms with Crippen molar-refractivity contribution in [3.63, 3.8) is 0 Å². The van der Waals surface area contributed by atoms with Crippen LogP contribution in [0.1, 0.15) is 22.3 Å². The van der Waals surface area contributed by atoms with E-state index < -0.39 is 0 Å². The topological polar surface area (TPSA) is 86.5 Å². The zero-order chi connectivity index (χ0) is 15.2. The number of hydrogen-bond donors (Lipinski definition) is 2. The highest BCUT2D eigenvalue weighted by Gasteiger charge is 2.18. The largest absolute Gasteiger partial charge is 0.494 e. The maximum atomic E-state index is 11.8. The lowest BCUT2D eigenvalue weighted by molar-refractivity contribution is 0.0952. The molecule has 0 aliphatic carbocycles. The van der Waals surface area contributed by atoms with Crippen LogP contribution < -0.4 is 16.0 Å². The molecule has 1 aromatic carbocycles. The van der Waals surface area contributed by atoms with Crippen molar-refractivity contribution >= 4 is 17.2 Å². The predicted octanol–water partition coefficient (Wildman–Crippen LogP) is 1.96. The molecule has 2 rings (SSSR count). The number of nitrogens with two attached hydrogens (primary N) is 1. The van der Waals surface area contributed by atoms with Crippen molar-refractivity contribution in [1.82, 2.24) is 10.4 Å². The van der Waals surface area contributed by atoms with Crippen molar-refractivity contribution in [2.45, 2.75) is 13.5 Å². The van der Waals surface area contributed by atoms with Crippen LogP contribution in [0.2, 0.25) is 0 Å². The number of amides is 1. The third-order valence-corrected chi connectivity index (χ3v) is 3.87. The number of carbonyl (C=O) groups excluding carboxylic acids is 1. The van der Waals surface area contributed by atoms with Gasteiger partial charge in [0.2, 0.25) is 0 Å². The van der Waals surface area contributed by atoms with Crippen LogP contribution in [0.5, 0.6) is 5.75 Å². The molecule has 3 N–H and O–H groups in total. The molecular formula is C14H17N3O3S. The van der Waals surface area contributed by atoms with E-state index in [1.165, 1.54) is 11.3 Å². The van der Waals surface area contributed by atoms with Crippen LogP contribution in [-0.4, -0.2) is 24.6 Å².